The third-order valence-corrected chi connectivity index (χ3v) is 4.04. The molecule has 0 aliphatic carbocycles. The van der Waals surface area contributed by atoms with Crippen molar-refractivity contribution in [1.82, 2.24) is 14.8 Å². The summed E-state index contributed by atoms with van der Waals surface area (Å²) in [6.07, 6.45) is 3.63. The zero-order valence-corrected chi connectivity index (χ0v) is 15.0. The van der Waals surface area contributed by atoms with Crippen LogP contribution in [-0.2, 0) is 16.1 Å². The van der Waals surface area contributed by atoms with Crippen LogP contribution in [0.15, 0.2) is 48.8 Å². The average Bonchev–Trinajstić information content (AvgIpc) is 2.69. The van der Waals surface area contributed by atoms with Crippen LogP contribution in [0.5, 0.6) is 0 Å². The van der Waals surface area contributed by atoms with Crippen molar-refractivity contribution in [2.24, 2.45) is 0 Å². The standard InChI is InChI=1S/C17H18FN3O.C2H2O4/c18-16-5-1-4-15(11-16)17(22)21-9-7-20(8-10-21)13-14-3-2-6-19-12-14;3-1(4)2(5)6/h1-6,11-12H,7-10,13H2;(H,3,4)(H,5,6). The Bertz CT molecular complexity index is 811. The first-order valence-corrected chi connectivity index (χ1v) is 8.49. The molecule has 0 bridgehead atoms. The Morgan fingerprint density at radius 3 is 2.21 bits per heavy atom. The SMILES string of the molecule is O=C(O)C(=O)O.O=C(c1cccc(F)c1)N1CCN(Cc2cccnc2)CC1. The van der Waals surface area contributed by atoms with Crippen LogP contribution in [-0.4, -0.2) is 69.0 Å². The van der Waals surface area contributed by atoms with Crippen LogP contribution in [0.4, 0.5) is 4.39 Å². The van der Waals surface area contributed by atoms with E-state index in [0.29, 0.717) is 18.7 Å². The molecule has 3 rings (SSSR count). The molecule has 0 atom stereocenters. The number of carboxylic acid groups (broad SMARTS) is 2. The molecule has 1 aromatic heterocycles. The number of rotatable bonds is 3. The molecule has 0 spiro atoms. The topological polar surface area (TPSA) is 111 Å². The number of aromatic nitrogens is 1. The molecule has 148 valence electrons. The van der Waals surface area contributed by atoms with Crippen molar-refractivity contribution in [1.29, 1.82) is 0 Å². The van der Waals surface area contributed by atoms with E-state index in [0.717, 1.165) is 19.6 Å². The zero-order chi connectivity index (χ0) is 20.5. The minimum absolute atomic E-state index is 0.0967. The lowest BCUT2D eigenvalue weighted by Gasteiger charge is -2.34. The second-order valence-corrected chi connectivity index (χ2v) is 6.05. The molecule has 8 nitrogen and oxygen atoms in total. The number of carboxylic acids is 2. The number of carbonyl (C=O) groups excluding carboxylic acids is 1. The van der Waals surface area contributed by atoms with Crippen LogP contribution in [0.3, 0.4) is 0 Å². The molecule has 1 fully saturated rings. The summed E-state index contributed by atoms with van der Waals surface area (Å²) in [6, 6.07) is 9.86. The van der Waals surface area contributed by atoms with Crippen LogP contribution < -0.4 is 0 Å². The van der Waals surface area contributed by atoms with Crippen molar-refractivity contribution in [2.45, 2.75) is 6.54 Å². The molecular formula is C19H20FN3O5. The van der Waals surface area contributed by atoms with E-state index in [1.807, 2.05) is 12.3 Å². The van der Waals surface area contributed by atoms with Gasteiger partial charge in [-0.3, -0.25) is 14.7 Å². The number of nitrogens with zero attached hydrogens (tertiary/aromatic N) is 3. The van der Waals surface area contributed by atoms with Crippen LogP contribution in [0, 0.1) is 5.82 Å². The predicted molar refractivity (Wildman–Crippen MR) is 97.1 cm³/mol. The Morgan fingerprint density at radius 1 is 1.00 bits per heavy atom. The van der Waals surface area contributed by atoms with Crippen LogP contribution in [0.2, 0.25) is 0 Å². The highest BCUT2D eigenvalue weighted by Crippen LogP contribution is 2.12. The van der Waals surface area contributed by atoms with E-state index in [4.69, 9.17) is 19.8 Å². The summed E-state index contributed by atoms with van der Waals surface area (Å²) in [6.45, 7) is 3.80. The maximum atomic E-state index is 13.2. The molecule has 9 heteroatoms. The molecule has 1 amide bonds. The second kappa shape index (κ2) is 10.1. The van der Waals surface area contributed by atoms with Gasteiger partial charge in [-0.15, -0.1) is 0 Å². The van der Waals surface area contributed by atoms with Crippen molar-refractivity contribution in [3.8, 4) is 0 Å². The summed E-state index contributed by atoms with van der Waals surface area (Å²) < 4.78 is 13.2. The number of benzene rings is 1. The summed E-state index contributed by atoms with van der Waals surface area (Å²) in [7, 11) is 0. The Kier molecular flexibility index (Phi) is 7.58. The van der Waals surface area contributed by atoms with Gasteiger partial charge in [0, 0.05) is 50.7 Å². The summed E-state index contributed by atoms with van der Waals surface area (Å²) >= 11 is 0. The van der Waals surface area contributed by atoms with Crippen LogP contribution in [0.25, 0.3) is 0 Å². The first-order chi connectivity index (χ1) is 13.4. The fourth-order valence-electron chi connectivity index (χ4n) is 2.66. The number of hydrogen-bond acceptors (Lipinski definition) is 5. The second-order valence-electron chi connectivity index (χ2n) is 6.05. The fraction of sp³-hybridized carbons (Fsp3) is 0.263. The van der Waals surface area contributed by atoms with Gasteiger partial charge in [-0.05, 0) is 29.8 Å². The highest BCUT2D eigenvalue weighted by atomic mass is 19.1. The lowest BCUT2D eigenvalue weighted by Crippen LogP contribution is -2.48. The van der Waals surface area contributed by atoms with E-state index in [-0.39, 0.29) is 11.7 Å². The number of carbonyl (C=O) groups is 3. The number of hydrogen-bond donors (Lipinski definition) is 2. The van der Waals surface area contributed by atoms with Gasteiger partial charge in [-0.2, -0.15) is 0 Å². The normalized spacial score (nSPS) is 14.0. The highest BCUT2D eigenvalue weighted by Gasteiger charge is 2.22. The molecule has 2 N–H and O–H groups in total. The number of piperazine rings is 1. The number of pyridine rings is 1. The summed E-state index contributed by atoms with van der Waals surface area (Å²) in [4.78, 5) is 38.7. The molecule has 0 saturated carbocycles. The van der Waals surface area contributed by atoms with Gasteiger partial charge in [0.05, 0.1) is 0 Å². The molecule has 0 radical (unpaired) electrons. The maximum Gasteiger partial charge on any atom is 0.414 e. The third-order valence-electron chi connectivity index (χ3n) is 4.04. The minimum atomic E-state index is -1.82. The quantitative estimate of drug-likeness (QED) is 0.762. The first kappa shape index (κ1) is 21.0. The van der Waals surface area contributed by atoms with Gasteiger partial charge in [-0.25, -0.2) is 14.0 Å². The van der Waals surface area contributed by atoms with Gasteiger partial charge in [-0.1, -0.05) is 12.1 Å². The Labute approximate surface area is 160 Å². The van der Waals surface area contributed by atoms with Crippen molar-refractivity contribution in [2.75, 3.05) is 26.2 Å². The molecule has 1 aliphatic heterocycles. The van der Waals surface area contributed by atoms with Crippen molar-refractivity contribution in [3.63, 3.8) is 0 Å². The number of halogens is 1. The fourth-order valence-corrected chi connectivity index (χ4v) is 2.66. The molecule has 2 heterocycles. The summed E-state index contributed by atoms with van der Waals surface area (Å²) in [5.41, 5.74) is 1.59. The van der Waals surface area contributed by atoms with E-state index in [1.54, 1.807) is 23.2 Å². The highest BCUT2D eigenvalue weighted by molar-refractivity contribution is 6.27. The monoisotopic (exact) mass is 389 g/mol. The van der Waals surface area contributed by atoms with Crippen LogP contribution in [0.1, 0.15) is 15.9 Å². The maximum absolute atomic E-state index is 13.2. The van der Waals surface area contributed by atoms with E-state index >= 15 is 0 Å². The summed E-state index contributed by atoms with van der Waals surface area (Å²) in [5.74, 6) is -4.12. The smallest absolute Gasteiger partial charge is 0.414 e. The van der Waals surface area contributed by atoms with Crippen molar-refractivity contribution >= 4 is 17.8 Å². The lowest BCUT2D eigenvalue weighted by molar-refractivity contribution is -0.159. The Hall–Kier alpha value is -3.33. The Balaban J connectivity index is 0.000000409. The van der Waals surface area contributed by atoms with Gasteiger partial charge in [0.25, 0.3) is 5.91 Å². The Morgan fingerprint density at radius 2 is 1.68 bits per heavy atom. The summed E-state index contributed by atoms with van der Waals surface area (Å²) in [5, 5.41) is 14.8. The van der Waals surface area contributed by atoms with E-state index in [2.05, 4.69) is 16.0 Å². The van der Waals surface area contributed by atoms with Gasteiger partial charge >= 0.3 is 11.9 Å². The van der Waals surface area contributed by atoms with Gasteiger partial charge in [0.15, 0.2) is 0 Å². The average molecular weight is 389 g/mol. The zero-order valence-electron chi connectivity index (χ0n) is 15.0. The van der Waals surface area contributed by atoms with Gasteiger partial charge < -0.3 is 15.1 Å². The van der Waals surface area contributed by atoms with E-state index in [1.165, 1.54) is 17.7 Å². The minimum Gasteiger partial charge on any atom is -0.473 e. The first-order valence-electron chi connectivity index (χ1n) is 8.49. The predicted octanol–water partition coefficient (Wildman–Crippen LogP) is 1.33. The van der Waals surface area contributed by atoms with Gasteiger partial charge in [0.2, 0.25) is 0 Å². The molecule has 0 unspecified atom stereocenters. The number of aliphatic carboxylic acids is 2. The molecule has 1 saturated heterocycles. The number of amides is 1. The molecule has 1 aliphatic rings. The van der Waals surface area contributed by atoms with Crippen molar-refractivity contribution < 1.29 is 29.0 Å². The third kappa shape index (κ3) is 6.44. The van der Waals surface area contributed by atoms with Crippen LogP contribution >= 0.6 is 0 Å². The van der Waals surface area contributed by atoms with E-state index < -0.39 is 11.9 Å². The largest absolute Gasteiger partial charge is 0.473 e. The molecule has 2 aromatic rings. The van der Waals surface area contributed by atoms with Gasteiger partial charge in [0.1, 0.15) is 5.82 Å². The lowest BCUT2D eigenvalue weighted by atomic mass is 10.1. The molecule has 1 aromatic carbocycles. The van der Waals surface area contributed by atoms with Crippen molar-refractivity contribution in [3.05, 3.63) is 65.7 Å². The molecular weight excluding hydrogens is 369 g/mol. The molecule has 28 heavy (non-hydrogen) atoms. The van der Waals surface area contributed by atoms with E-state index in [9.17, 15) is 9.18 Å².